The van der Waals surface area contributed by atoms with Crippen LogP contribution in [0.3, 0.4) is 0 Å². The van der Waals surface area contributed by atoms with E-state index in [1.54, 1.807) is 6.92 Å². The molecule has 0 aliphatic carbocycles. The Labute approximate surface area is 79.6 Å². The second-order valence-corrected chi connectivity index (χ2v) is 3.23. The summed E-state index contributed by atoms with van der Waals surface area (Å²) in [4.78, 5) is 10.8. The van der Waals surface area contributed by atoms with Gasteiger partial charge in [0.05, 0.1) is 12.6 Å². The third-order valence-corrected chi connectivity index (χ3v) is 1.36. The maximum absolute atomic E-state index is 10.8. The first-order chi connectivity index (χ1) is 6.06. The molecule has 0 aromatic carbocycles. The number of nitrogens with two attached hydrogens (primary N) is 1. The monoisotopic (exact) mass is 183 g/mol. The fourth-order valence-corrected chi connectivity index (χ4v) is 0.886. The van der Waals surface area contributed by atoms with Crippen molar-refractivity contribution in [2.75, 3.05) is 6.61 Å². The summed E-state index contributed by atoms with van der Waals surface area (Å²) in [6.07, 6.45) is 0.798. The molecule has 0 aromatic rings. The molecule has 0 heterocycles. The number of esters is 1. The van der Waals surface area contributed by atoms with Crippen LogP contribution >= 0.6 is 0 Å². The third-order valence-electron chi connectivity index (χ3n) is 1.36. The van der Waals surface area contributed by atoms with Gasteiger partial charge >= 0.3 is 5.97 Å². The van der Waals surface area contributed by atoms with Crippen molar-refractivity contribution in [2.24, 2.45) is 11.7 Å². The highest BCUT2D eigenvalue weighted by Crippen LogP contribution is 2.00. The van der Waals surface area contributed by atoms with E-state index in [2.05, 4.69) is 30.4 Å². The number of carbonyl (C=O) groups is 1. The van der Waals surface area contributed by atoms with Gasteiger partial charge in [0, 0.05) is 5.92 Å². The standard InChI is InChI=1S/C10H17NO2/c1-4-13-10(12)6-5-9(11)7-8(2)3/h8-9H,4,7,11H2,1-3H3. The van der Waals surface area contributed by atoms with Crippen LogP contribution in [-0.2, 0) is 9.53 Å². The summed E-state index contributed by atoms with van der Waals surface area (Å²) in [5.41, 5.74) is 5.64. The highest BCUT2D eigenvalue weighted by atomic mass is 16.5. The lowest BCUT2D eigenvalue weighted by Gasteiger charge is -2.05. The number of carbonyl (C=O) groups excluding carboxylic acids is 1. The Kier molecular flexibility index (Phi) is 5.99. The minimum Gasteiger partial charge on any atom is -0.456 e. The van der Waals surface area contributed by atoms with Crippen molar-refractivity contribution in [1.29, 1.82) is 0 Å². The average Bonchev–Trinajstić information content (AvgIpc) is 2.00. The van der Waals surface area contributed by atoms with Crippen LogP contribution in [0, 0.1) is 17.8 Å². The molecule has 3 heteroatoms. The molecule has 3 nitrogen and oxygen atoms in total. The van der Waals surface area contributed by atoms with Crippen LogP contribution in [0.15, 0.2) is 0 Å². The van der Waals surface area contributed by atoms with Crippen molar-refractivity contribution in [3.05, 3.63) is 0 Å². The molecule has 0 bridgehead atoms. The predicted molar refractivity (Wildman–Crippen MR) is 51.8 cm³/mol. The SMILES string of the molecule is CCOC(=O)C#CC(N)CC(C)C. The van der Waals surface area contributed by atoms with Crippen molar-refractivity contribution in [3.63, 3.8) is 0 Å². The zero-order chi connectivity index (χ0) is 10.3. The molecule has 0 saturated carbocycles. The summed E-state index contributed by atoms with van der Waals surface area (Å²) in [7, 11) is 0. The first-order valence-corrected chi connectivity index (χ1v) is 4.50. The van der Waals surface area contributed by atoms with Gasteiger partial charge in [-0.05, 0) is 19.3 Å². The Morgan fingerprint density at radius 3 is 2.62 bits per heavy atom. The van der Waals surface area contributed by atoms with Gasteiger partial charge in [0.15, 0.2) is 0 Å². The van der Waals surface area contributed by atoms with E-state index in [0.717, 1.165) is 6.42 Å². The molecule has 13 heavy (non-hydrogen) atoms. The molecular formula is C10H17NO2. The van der Waals surface area contributed by atoms with Gasteiger partial charge in [-0.3, -0.25) is 0 Å². The van der Waals surface area contributed by atoms with Gasteiger partial charge in [-0.15, -0.1) is 0 Å². The predicted octanol–water partition coefficient (Wildman–Crippen LogP) is 0.926. The van der Waals surface area contributed by atoms with Gasteiger partial charge in [0.2, 0.25) is 0 Å². The quantitative estimate of drug-likeness (QED) is 0.402. The smallest absolute Gasteiger partial charge is 0.384 e. The molecule has 1 atom stereocenters. The lowest BCUT2D eigenvalue weighted by Crippen LogP contribution is -2.20. The van der Waals surface area contributed by atoms with Gasteiger partial charge in [-0.2, -0.15) is 0 Å². The first kappa shape index (κ1) is 12.0. The van der Waals surface area contributed by atoms with Crippen LogP contribution in [0.4, 0.5) is 0 Å². The van der Waals surface area contributed by atoms with Crippen molar-refractivity contribution in [1.82, 2.24) is 0 Å². The summed E-state index contributed by atoms with van der Waals surface area (Å²) >= 11 is 0. The lowest BCUT2D eigenvalue weighted by molar-refractivity contribution is -0.136. The molecule has 0 amide bonds. The summed E-state index contributed by atoms with van der Waals surface area (Å²) in [6, 6.07) is -0.232. The number of rotatable bonds is 3. The molecular weight excluding hydrogens is 166 g/mol. The molecule has 0 radical (unpaired) electrons. The molecule has 0 aliphatic rings. The summed E-state index contributed by atoms with van der Waals surface area (Å²) in [6.45, 7) is 6.22. The van der Waals surface area contributed by atoms with Crippen LogP contribution < -0.4 is 5.73 Å². The van der Waals surface area contributed by atoms with Gasteiger partial charge in [0.25, 0.3) is 0 Å². The van der Waals surface area contributed by atoms with E-state index in [1.165, 1.54) is 0 Å². The van der Waals surface area contributed by atoms with E-state index in [4.69, 9.17) is 5.73 Å². The largest absolute Gasteiger partial charge is 0.456 e. The molecule has 0 aromatic heterocycles. The van der Waals surface area contributed by atoms with Gasteiger partial charge in [0.1, 0.15) is 0 Å². The zero-order valence-electron chi connectivity index (χ0n) is 8.46. The molecule has 74 valence electrons. The van der Waals surface area contributed by atoms with Gasteiger partial charge < -0.3 is 10.5 Å². The maximum Gasteiger partial charge on any atom is 0.384 e. The molecule has 0 aliphatic heterocycles. The second kappa shape index (κ2) is 6.50. The van der Waals surface area contributed by atoms with Crippen molar-refractivity contribution in [2.45, 2.75) is 33.2 Å². The Balaban J connectivity index is 3.87. The highest BCUT2D eigenvalue weighted by Gasteiger charge is 2.01. The van der Waals surface area contributed by atoms with Gasteiger partial charge in [-0.1, -0.05) is 19.8 Å². The summed E-state index contributed by atoms with van der Waals surface area (Å²) < 4.78 is 4.63. The molecule has 0 rings (SSSR count). The van der Waals surface area contributed by atoms with Crippen molar-refractivity contribution in [3.8, 4) is 11.8 Å². The van der Waals surface area contributed by atoms with Gasteiger partial charge in [-0.25, -0.2) is 4.79 Å². The van der Waals surface area contributed by atoms with E-state index >= 15 is 0 Å². The normalized spacial score (nSPS) is 11.8. The molecule has 0 spiro atoms. The van der Waals surface area contributed by atoms with Crippen LogP contribution in [0.1, 0.15) is 27.2 Å². The van der Waals surface area contributed by atoms with E-state index in [0.29, 0.717) is 12.5 Å². The summed E-state index contributed by atoms with van der Waals surface area (Å²) in [5, 5.41) is 0. The number of hydrogen-bond donors (Lipinski definition) is 1. The minimum absolute atomic E-state index is 0.232. The van der Waals surface area contributed by atoms with E-state index in [9.17, 15) is 4.79 Å². The fraction of sp³-hybridized carbons (Fsp3) is 0.700. The topological polar surface area (TPSA) is 52.3 Å². The Morgan fingerprint density at radius 2 is 2.15 bits per heavy atom. The number of hydrogen-bond acceptors (Lipinski definition) is 3. The van der Waals surface area contributed by atoms with E-state index in [1.807, 2.05) is 0 Å². The van der Waals surface area contributed by atoms with E-state index < -0.39 is 5.97 Å². The average molecular weight is 183 g/mol. The Bertz CT molecular complexity index is 213. The highest BCUT2D eigenvalue weighted by molar-refractivity contribution is 5.88. The van der Waals surface area contributed by atoms with Crippen LogP contribution in [0.25, 0.3) is 0 Å². The van der Waals surface area contributed by atoms with Crippen molar-refractivity contribution < 1.29 is 9.53 Å². The number of ether oxygens (including phenoxy) is 1. The molecule has 2 N–H and O–H groups in total. The van der Waals surface area contributed by atoms with Crippen LogP contribution in [0.2, 0.25) is 0 Å². The Morgan fingerprint density at radius 1 is 1.54 bits per heavy atom. The maximum atomic E-state index is 10.8. The lowest BCUT2D eigenvalue weighted by atomic mass is 10.1. The molecule has 0 saturated heterocycles. The minimum atomic E-state index is -0.498. The third kappa shape index (κ3) is 7.35. The van der Waals surface area contributed by atoms with Crippen LogP contribution in [-0.4, -0.2) is 18.6 Å². The molecule has 0 fully saturated rings. The Hall–Kier alpha value is -1.01. The van der Waals surface area contributed by atoms with Crippen LogP contribution in [0.5, 0.6) is 0 Å². The van der Waals surface area contributed by atoms with E-state index in [-0.39, 0.29) is 6.04 Å². The van der Waals surface area contributed by atoms with Crippen molar-refractivity contribution >= 4 is 5.97 Å². The first-order valence-electron chi connectivity index (χ1n) is 4.50. The molecule has 1 unspecified atom stereocenters. The second-order valence-electron chi connectivity index (χ2n) is 3.23. The zero-order valence-corrected chi connectivity index (χ0v) is 8.46. The summed E-state index contributed by atoms with van der Waals surface area (Å²) in [5.74, 6) is 5.00. The fourth-order valence-electron chi connectivity index (χ4n) is 0.886.